The van der Waals surface area contributed by atoms with Gasteiger partial charge in [-0.05, 0) is 76.7 Å². The summed E-state index contributed by atoms with van der Waals surface area (Å²) in [6, 6.07) is 10.8. The van der Waals surface area contributed by atoms with E-state index in [0.717, 1.165) is 28.8 Å². The van der Waals surface area contributed by atoms with E-state index in [9.17, 15) is 8.42 Å². The number of aryl methyl sites for hydroxylation is 3. The maximum atomic E-state index is 13.1. The number of hydrogen-bond donors (Lipinski definition) is 1. The standard InChI is InChI=1S/C20H27ClN2O2S/c1-14-12-15(2)20(16(3)13-14)26(24,25)22-19(10-11-23(4)5)17-6-8-18(21)9-7-17/h6-9,12-13,19,22H,10-11H2,1-5H3. The number of rotatable bonds is 7. The Balaban J connectivity index is 2.38. The monoisotopic (exact) mass is 394 g/mol. The molecule has 0 bridgehead atoms. The Morgan fingerprint density at radius 1 is 1.04 bits per heavy atom. The van der Waals surface area contributed by atoms with Gasteiger partial charge < -0.3 is 4.90 Å². The van der Waals surface area contributed by atoms with Gasteiger partial charge in [0.1, 0.15) is 0 Å². The van der Waals surface area contributed by atoms with Gasteiger partial charge >= 0.3 is 0 Å². The van der Waals surface area contributed by atoms with Crippen LogP contribution in [0.2, 0.25) is 5.02 Å². The fraction of sp³-hybridized carbons (Fsp3) is 0.400. The summed E-state index contributed by atoms with van der Waals surface area (Å²) in [5.41, 5.74) is 3.48. The van der Waals surface area contributed by atoms with E-state index in [-0.39, 0.29) is 6.04 Å². The van der Waals surface area contributed by atoms with Crippen LogP contribution in [0.5, 0.6) is 0 Å². The van der Waals surface area contributed by atoms with Crippen LogP contribution in [0.15, 0.2) is 41.3 Å². The Labute approximate surface area is 162 Å². The van der Waals surface area contributed by atoms with Gasteiger partial charge in [0.25, 0.3) is 0 Å². The Bertz CT molecular complexity index is 839. The third-order valence-electron chi connectivity index (χ3n) is 4.31. The Hall–Kier alpha value is -1.40. The first-order valence-electron chi connectivity index (χ1n) is 8.60. The molecule has 0 amide bonds. The molecule has 0 fully saturated rings. The molecule has 0 saturated carbocycles. The molecule has 1 atom stereocenters. The molecule has 0 saturated heterocycles. The molecular weight excluding hydrogens is 368 g/mol. The molecule has 0 aromatic heterocycles. The van der Waals surface area contributed by atoms with Crippen LogP contribution in [0.4, 0.5) is 0 Å². The van der Waals surface area contributed by atoms with E-state index in [1.54, 1.807) is 12.1 Å². The molecule has 2 rings (SSSR count). The van der Waals surface area contributed by atoms with Gasteiger partial charge in [-0.2, -0.15) is 0 Å². The fourth-order valence-electron chi connectivity index (χ4n) is 3.21. The molecule has 0 heterocycles. The van der Waals surface area contributed by atoms with E-state index in [1.807, 2.05) is 64.0 Å². The average Bonchev–Trinajstić information content (AvgIpc) is 2.50. The molecule has 0 aliphatic heterocycles. The molecule has 2 aromatic rings. The van der Waals surface area contributed by atoms with Crippen LogP contribution in [0.3, 0.4) is 0 Å². The minimum Gasteiger partial charge on any atom is -0.309 e. The highest BCUT2D eigenvalue weighted by Gasteiger charge is 2.25. The van der Waals surface area contributed by atoms with Gasteiger partial charge in [-0.3, -0.25) is 0 Å². The summed E-state index contributed by atoms with van der Waals surface area (Å²) < 4.78 is 29.2. The lowest BCUT2D eigenvalue weighted by Gasteiger charge is -2.22. The first kappa shape index (κ1) is 20.9. The zero-order valence-corrected chi connectivity index (χ0v) is 17.6. The molecule has 0 aliphatic carbocycles. The highest BCUT2D eigenvalue weighted by molar-refractivity contribution is 7.89. The minimum absolute atomic E-state index is 0.320. The lowest BCUT2D eigenvalue weighted by atomic mass is 10.0. The summed E-state index contributed by atoms with van der Waals surface area (Å²) >= 11 is 5.98. The first-order valence-corrected chi connectivity index (χ1v) is 10.5. The summed E-state index contributed by atoms with van der Waals surface area (Å²) in [7, 11) is 0.303. The van der Waals surface area contributed by atoms with E-state index < -0.39 is 10.0 Å². The zero-order valence-electron chi connectivity index (χ0n) is 16.0. The van der Waals surface area contributed by atoms with Crippen LogP contribution >= 0.6 is 11.6 Å². The van der Waals surface area contributed by atoms with Crippen molar-refractivity contribution in [2.45, 2.75) is 38.1 Å². The quantitative estimate of drug-likeness (QED) is 0.764. The maximum absolute atomic E-state index is 13.1. The normalized spacial score (nSPS) is 13.2. The van der Waals surface area contributed by atoms with Crippen LogP contribution in [0, 0.1) is 20.8 Å². The third kappa shape index (κ3) is 5.30. The van der Waals surface area contributed by atoms with Crippen molar-refractivity contribution in [1.82, 2.24) is 9.62 Å². The number of nitrogens with one attached hydrogen (secondary N) is 1. The molecule has 142 valence electrons. The SMILES string of the molecule is Cc1cc(C)c(S(=O)(=O)NC(CCN(C)C)c2ccc(Cl)cc2)c(C)c1. The molecule has 2 aromatic carbocycles. The van der Waals surface area contributed by atoms with Gasteiger partial charge in [0.05, 0.1) is 4.90 Å². The number of sulfonamides is 1. The van der Waals surface area contributed by atoms with E-state index in [1.165, 1.54) is 0 Å². The van der Waals surface area contributed by atoms with Crippen molar-refractivity contribution in [3.05, 3.63) is 63.7 Å². The zero-order chi connectivity index (χ0) is 19.5. The van der Waals surface area contributed by atoms with Crippen LogP contribution in [-0.4, -0.2) is 34.0 Å². The van der Waals surface area contributed by atoms with Crippen LogP contribution in [-0.2, 0) is 10.0 Å². The van der Waals surface area contributed by atoms with Crippen LogP contribution < -0.4 is 4.72 Å². The molecule has 0 spiro atoms. The van der Waals surface area contributed by atoms with Crippen molar-refractivity contribution in [1.29, 1.82) is 0 Å². The summed E-state index contributed by atoms with van der Waals surface area (Å²) in [6.07, 6.45) is 0.665. The first-order chi connectivity index (χ1) is 12.1. The number of hydrogen-bond acceptors (Lipinski definition) is 3. The molecule has 0 radical (unpaired) electrons. The smallest absolute Gasteiger partial charge is 0.241 e. The Morgan fingerprint density at radius 3 is 2.08 bits per heavy atom. The molecule has 1 N–H and O–H groups in total. The second kappa shape index (κ2) is 8.53. The van der Waals surface area contributed by atoms with E-state index in [4.69, 9.17) is 11.6 Å². The van der Waals surface area contributed by atoms with Gasteiger partial charge in [-0.1, -0.05) is 41.4 Å². The molecule has 26 heavy (non-hydrogen) atoms. The fourth-order valence-corrected chi connectivity index (χ4v) is 5.05. The summed E-state index contributed by atoms with van der Waals surface area (Å²) in [5.74, 6) is 0. The number of benzene rings is 2. The highest BCUT2D eigenvalue weighted by atomic mass is 35.5. The van der Waals surface area contributed by atoms with Gasteiger partial charge in [0, 0.05) is 11.1 Å². The average molecular weight is 395 g/mol. The van der Waals surface area contributed by atoms with Gasteiger partial charge in [-0.15, -0.1) is 0 Å². The summed E-state index contributed by atoms with van der Waals surface area (Å²) in [6.45, 7) is 6.41. The van der Waals surface area contributed by atoms with Crippen LogP contribution in [0.25, 0.3) is 0 Å². The van der Waals surface area contributed by atoms with E-state index in [0.29, 0.717) is 16.3 Å². The van der Waals surface area contributed by atoms with Crippen molar-refractivity contribution in [2.75, 3.05) is 20.6 Å². The molecular formula is C20H27ClN2O2S. The van der Waals surface area contributed by atoms with Crippen molar-refractivity contribution >= 4 is 21.6 Å². The lowest BCUT2D eigenvalue weighted by Crippen LogP contribution is -2.32. The third-order valence-corrected chi connectivity index (χ3v) is 6.34. The number of nitrogens with zero attached hydrogens (tertiary/aromatic N) is 1. The molecule has 4 nitrogen and oxygen atoms in total. The van der Waals surface area contributed by atoms with Gasteiger partial charge in [0.2, 0.25) is 10.0 Å². The van der Waals surface area contributed by atoms with Crippen molar-refractivity contribution in [3.8, 4) is 0 Å². The van der Waals surface area contributed by atoms with Crippen molar-refractivity contribution < 1.29 is 8.42 Å². The van der Waals surface area contributed by atoms with E-state index in [2.05, 4.69) is 4.72 Å². The molecule has 1 unspecified atom stereocenters. The topological polar surface area (TPSA) is 49.4 Å². The van der Waals surface area contributed by atoms with Crippen LogP contribution in [0.1, 0.15) is 34.7 Å². The largest absolute Gasteiger partial charge is 0.309 e. The summed E-state index contributed by atoms with van der Waals surface area (Å²) in [4.78, 5) is 2.41. The highest BCUT2D eigenvalue weighted by Crippen LogP contribution is 2.26. The maximum Gasteiger partial charge on any atom is 0.241 e. The summed E-state index contributed by atoms with van der Waals surface area (Å²) in [5, 5.41) is 0.633. The van der Waals surface area contributed by atoms with Gasteiger partial charge in [-0.25, -0.2) is 13.1 Å². The molecule has 0 aliphatic rings. The Kier molecular flexibility index (Phi) is 6.86. The predicted octanol–water partition coefficient (Wildman–Crippen LogP) is 4.24. The number of halogens is 1. The second-order valence-corrected chi connectivity index (χ2v) is 9.13. The molecule has 6 heteroatoms. The Morgan fingerprint density at radius 2 is 1.58 bits per heavy atom. The predicted molar refractivity (Wildman–Crippen MR) is 108 cm³/mol. The minimum atomic E-state index is -3.65. The second-order valence-electron chi connectivity index (χ2n) is 7.05. The van der Waals surface area contributed by atoms with Crippen molar-refractivity contribution in [3.63, 3.8) is 0 Å². The van der Waals surface area contributed by atoms with Crippen molar-refractivity contribution in [2.24, 2.45) is 0 Å². The lowest BCUT2D eigenvalue weighted by molar-refractivity contribution is 0.375. The van der Waals surface area contributed by atoms with Gasteiger partial charge in [0.15, 0.2) is 0 Å². The van der Waals surface area contributed by atoms with E-state index >= 15 is 0 Å².